The van der Waals surface area contributed by atoms with E-state index in [9.17, 15) is 9.90 Å². The van der Waals surface area contributed by atoms with Gasteiger partial charge in [0.1, 0.15) is 11.8 Å². The quantitative estimate of drug-likeness (QED) is 0.875. The molecular weight excluding hydrogens is 228 g/mol. The zero-order chi connectivity index (χ0) is 13.3. The monoisotopic (exact) mass is 240 g/mol. The molecule has 4 heteroatoms. The minimum Gasteiger partial charge on any atom is -0.481 e. The fraction of sp³-hybridized carbons (Fsp3) is 0.214. The molecule has 0 unspecified atom stereocenters. The van der Waals surface area contributed by atoms with E-state index in [1.165, 1.54) is 0 Å². The van der Waals surface area contributed by atoms with E-state index < -0.39 is 11.4 Å². The third-order valence-electron chi connectivity index (χ3n) is 3.04. The van der Waals surface area contributed by atoms with Crippen LogP contribution in [0.2, 0.25) is 0 Å². The summed E-state index contributed by atoms with van der Waals surface area (Å²) in [5, 5.41) is 19.2. The number of hydrogen-bond donors (Lipinski definition) is 1. The van der Waals surface area contributed by atoms with Crippen LogP contribution in [-0.2, 0) is 10.2 Å². The van der Waals surface area contributed by atoms with Crippen molar-refractivity contribution in [2.75, 3.05) is 0 Å². The van der Waals surface area contributed by atoms with Gasteiger partial charge in [0.25, 0.3) is 0 Å². The molecule has 0 atom stereocenters. The normalized spacial score (nSPS) is 11.2. The van der Waals surface area contributed by atoms with Crippen LogP contribution in [0.25, 0.3) is 10.9 Å². The van der Waals surface area contributed by atoms with Crippen molar-refractivity contribution in [1.29, 1.82) is 5.26 Å². The van der Waals surface area contributed by atoms with E-state index in [4.69, 9.17) is 5.26 Å². The van der Waals surface area contributed by atoms with Gasteiger partial charge in [-0.1, -0.05) is 18.2 Å². The van der Waals surface area contributed by atoms with E-state index >= 15 is 0 Å². The summed E-state index contributed by atoms with van der Waals surface area (Å²) in [4.78, 5) is 15.5. The van der Waals surface area contributed by atoms with E-state index in [0.29, 0.717) is 11.1 Å². The molecule has 1 aromatic heterocycles. The summed E-state index contributed by atoms with van der Waals surface area (Å²) in [5.74, 6) is -0.976. The standard InChI is InChI=1S/C14H12N2O2/c1-14(2,13(17)18)10-7-9-5-3-4-6-11(9)16-12(10)8-15/h3-7H,1-2H3,(H,17,18). The summed E-state index contributed by atoms with van der Waals surface area (Å²) in [6, 6.07) is 11.0. The second-order valence-corrected chi connectivity index (χ2v) is 4.62. The number of aliphatic carboxylic acids is 1. The lowest BCUT2D eigenvalue weighted by Crippen LogP contribution is -2.29. The Kier molecular flexibility index (Phi) is 2.76. The second kappa shape index (κ2) is 4.11. The van der Waals surface area contributed by atoms with Gasteiger partial charge in [-0.25, -0.2) is 4.98 Å². The Morgan fingerprint density at radius 3 is 2.67 bits per heavy atom. The molecule has 0 aliphatic carbocycles. The third-order valence-corrected chi connectivity index (χ3v) is 3.04. The van der Waals surface area contributed by atoms with Gasteiger partial charge < -0.3 is 5.11 Å². The van der Waals surface area contributed by atoms with Crippen LogP contribution in [-0.4, -0.2) is 16.1 Å². The van der Waals surface area contributed by atoms with Gasteiger partial charge in [-0.3, -0.25) is 4.79 Å². The van der Waals surface area contributed by atoms with Crippen LogP contribution in [0, 0.1) is 11.3 Å². The Bertz CT molecular complexity index is 669. The molecule has 2 aromatic rings. The molecule has 0 spiro atoms. The Hall–Kier alpha value is -2.41. The predicted molar refractivity (Wildman–Crippen MR) is 67.1 cm³/mol. The molecule has 0 radical (unpaired) electrons. The third kappa shape index (κ3) is 1.80. The highest BCUT2D eigenvalue weighted by Crippen LogP contribution is 2.28. The topological polar surface area (TPSA) is 74.0 Å². The van der Waals surface area contributed by atoms with Gasteiger partial charge in [0, 0.05) is 10.9 Å². The molecule has 90 valence electrons. The van der Waals surface area contributed by atoms with E-state index in [1.54, 1.807) is 26.0 Å². The van der Waals surface area contributed by atoms with Crippen LogP contribution in [0.15, 0.2) is 30.3 Å². The van der Waals surface area contributed by atoms with Crippen molar-refractivity contribution in [3.05, 3.63) is 41.6 Å². The molecule has 0 saturated heterocycles. The first-order chi connectivity index (χ1) is 8.46. The average Bonchev–Trinajstić information content (AvgIpc) is 2.36. The molecule has 1 aromatic carbocycles. The van der Waals surface area contributed by atoms with Crippen LogP contribution >= 0.6 is 0 Å². The van der Waals surface area contributed by atoms with Gasteiger partial charge in [0.15, 0.2) is 0 Å². The Labute approximate surface area is 105 Å². The number of nitrogens with zero attached hydrogens (tertiary/aromatic N) is 2. The zero-order valence-corrected chi connectivity index (χ0v) is 10.1. The molecule has 0 aliphatic heterocycles. The molecule has 0 fully saturated rings. The average molecular weight is 240 g/mol. The molecule has 0 amide bonds. The summed E-state index contributed by atoms with van der Waals surface area (Å²) < 4.78 is 0. The van der Waals surface area contributed by atoms with Gasteiger partial charge in [-0.05, 0) is 26.0 Å². The first-order valence-corrected chi connectivity index (χ1v) is 5.50. The maximum Gasteiger partial charge on any atom is 0.313 e. The highest BCUT2D eigenvalue weighted by atomic mass is 16.4. The fourth-order valence-corrected chi connectivity index (χ4v) is 1.79. The lowest BCUT2D eigenvalue weighted by molar-refractivity contribution is -0.142. The molecule has 4 nitrogen and oxygen atoms in total. The van der Waals surface area contributed by atoms with Crippen LogP contribution in [0.5, 0.6) is 0 Å². The molecule has 0 aliphatic rings. The minimum atomic E-state index is -1.14. The Morgan fingerprint density at radius 1 is 1.39 bits per heavy atom. The number of carboxylic acid groups (broad SMARTS) is 1. The minimum absolute atomic E-state index is 0.168. The number of pyridine rings is 1. The van der Waals surface area contributed by atoms with Gasteiger partial charge >= 0.3 is 5.97 Å². The van der Waals surface area contributed by atoms with Gasteiger partial charge in [-0.2, -0.15) is 5.26 Å². The smallest absolute Gasteiger partial charge is 0.313 e. The van der Waals surface area contributed by atoms with Gasteiger partial charge in [0.2, 0.25) is 0 Å². The lowest BCUT2D eigenvalue weighted by Gasteiger charge is -2.20. The summed E-state index contributed by atoms with van der Waals surface area (Å²) in [5.41, 5.74) is 0.165. The molecular formula is C14H12N2O2. The fourth-order valence-electron chi connectivity index (χ4n) is 1.79. The van der Waals surface area contributed by atoms with Crippen LogP contribution < -0.4 is 0 Å². The number of benzene rings is 1. The molecule has 2 rings (SSSR count). The summed E-state index contributed by atoms with van der Waals surface area (Å²) in [6.45, 7) is 3.14. The summed E-state index contributed by atoms with van der Waals surface area (Å²) in [7, 11) is 0. The van der Waals surface area contributed by atoms with Crippen molar-refractivity contribution >= 4 is 16.9 Å². The van der Waals surface area contributed by atoms with Crippen molar-refractivity contribution in [3.63, 3.8) is 0 Å². The first-order valence-electron chi connectivity index (χ1n) is 5.50. The predicted octanol–water partition coefficient (Wildman–Crippen LogP) is 2.47. The van der Waals surface area contributed by atoms with Crippen molar-refractivity contribution in [2.45, 2.75) is 19.3 Å². The van der Waals surface area contributed by atoms with Crippen molar-refractivity contribution in [2.24, 2.45) is 0 Å². The van der Waals surface area contributed by atoms with E-state index in [1.807, 2.05) is 24.3 Å². The first kappa shape index (κ1) is 12.1. The van der Waals surface area contributed by atoms with Crippen molar-refractivity contribution in [3.8, 4) is 6.07 Å². The van der Waals surface area contributed by atoms with Crippen LogP contribution in [0.1, 0.15) is 25.1 Å². The summed E-state index contributed by atoms with van der Waals surface area (Å²) >= 11 is 0. The molecule has 18 heavy (non-hydrogen) atoms. The molecule has 1 N–H and O–H groups in total. The Morgan fingerprint density at radius 2 is 2.06 bits per heavy atom. The maximum atomic E-state index is 11.3. The number of nitriles is 1. The Balaban J connectivity index is 2.78. The highest BCUT2D eigenvalue weighted by molar-refractivity contribution is 5.86. The number of hydrogen-bond acceptors (Lipinski definition) is 3. The van der Waals surface area contributed by atoms with Crippen molar-refractivity contribution in [1.82, 2.24) is 4.98 Å². The number of carbonyl (C=O) groups is 1. The summed E-state index contributed by atoms with van der Waals surface area (Å²) in [6.07, 6.45) is 0. The maximum absolute atomic E-state index is 11.3. The lowest BCUT2D eigenvalue weighted by atomic mass is 9.83. The molecule has 1 heterocycles. The van der Waals surface area contributed by atoms with E-state index in [2.05, 4.69) is 4.98 Å². The zero-order valence-electron chi connectivity index (χ0n) is 10.1. The highest BCUT2D eigenvalue weighted by Gasteiger charge is 2.32. The van der Waals surface area contributed by atoms with E-state index in [0.717, 1.165) is 5.39 Å². The van der Waals surface area contributed by atoms with Gasteiger partial charge in [0.05, 0.1) is 10.9 Å². The number of carboxylic acids is 1. The number of fused-ring (bicyclic) bond motifs is 1. The van der Waals surface area contributed by atoms with E-state index in [-0.39, 0.29) is 5.69 Å². The van der Waals surface area contributed by atoms with Crippen molar-refractivity contribution < 1.29 is 9.90 Å². The largest absolute Gasteiger partial charge is 0.481 e. The van der Waals surface area contributed by atoms with Crippen LogP contribution in [0.4, 0.5) is 0 Å². The molecule has 0 saturated carbocycles. The second-order valence-electron chi connectivity index (χ2n) is 4.62. The van der Waals surface area contributed by atoms with Crippen LogP contribution in [0.3, 0.4) is 0 Å². The number of para-hydroxylation sites is 1. The van der Waals surface area contributed by atoms with Gasteiger partial charge in [-0.15, -0.1) is 0 Å². The number of aromatic nitrogens is 1. The SMILES string of the molecule is CC(C)(C(=O)O)c1cc2ccccc2nc1C#N. The number of rotatable bonds is 2. The molecule has 0 bridgehead atoms.